The predicted octanol–water partition coefficient (Wildman–Crippen LogP) is 5.61. The molecule has 1 heterocycles. The van der Waals surface area contributed by atoms with Gasteiger partial charge in [-0.25, -0.2) is 0 Å². The van der Waals surface area contributed by atoms with Crippen molar-refractivity contribution in [2.24, 2.45) is 0 Å². The first-order valence-corrected chi connectivity index (χ1v) is 8.15. The first-order chi connectivity index (χ1) is 9.34. The number of rotatable bonds is 3. The Hall–Kier alpha value is -1.13. The molecular formula is C17H13IS. The molecule has 0 aliphatic carbocycles. The molecule has 0 aliphatic heterocycles. The normalized spacial score (nSPS) is 10.6. The zero-order valence-corrected chi connectivity index (χ0v) is 13.3. The molecule has 3 rings (SSSR count). The fourth-order valence-electron chi connectivity index (χ4n) is 2.15. The standard InChI is InChI=1S/C17H13IS/c18-17-14(12-13-6-2-1-3-7-13)8-4-9-15(17)16-10-5-11-19-16/h1-11H,12H2. The summed E-state index contributed by atoms with van der Waals surface area (Å²) in [5, 5.41) is 2.13. The molecule has 2 aromatic carbocycles. The highest BCUT2D eigenvalue weighted by Gasteiger charge is 2.08. The zero-order valence-electron chi connectivity index (χ0n) is 10.3. The summed E-state index contributed by atoms with van der Waals surface area (Å²) in [6.45, 7) is 0. The maximum atomic E-state index is 2.48. The minimum Gasteiger partial charge on any atom is -0.144 e. The van der Waals surface area contributed by atoms with E-state index in [0.29, 0.717) is 0 Å². The average molecular weight is 376 g/mol. The molecule has 0 spiro atoms. The summed E-state index contributed by atoms with van der Waals surface area (Å²) in [4.78, 5) is 1.35. The SMILES string of the molecule is Ic1c(Cc2ccccc2)cccc1-c1cccs1. The third kappa shape index (κ3) is 2.90. The Morgan fingerprint density at radius 3 is 2.42 bits per heavy atom. The van der Waals surface area contributed by atoms with Crippen LogP contribution in [0.5, 0.6) is 0 Å². The second kappa shape index (κ2) is 5.88. The molecule has 0 atom stereocenters. The van der Waals surface area contributed by atoms with E-state index >= 15 is 0 Å². The van der Waals surface area contributed by atoms with Gasteiger partial charge in [0.2, 0.25) is 0 Å². The summed E-state index contributed by atoms with van der Waals surface area (Å²) < 4.78 is 1.37. The van der Waals surface area contributed by atoms with Crippen LogP contribution in [0.2, 0.25) is 0 Å². The number of hydrogen-bond acceptors (Lipinski definition) is 1. The van der Waals surface area contributed by atoms with E-state index in [-0.39, 0.29) is 0 Å². The predicted molar refractivity (Wildman–Crippen MR) is 91.7 cm³/mol. The van der Waals surface area contributed by atoms with Crippen LogP contribution in [0.4, 0.5) is 0 Å². The monoisotopic (exact) mass is 376 g/mol. The Balaban J connectivity index is 1.97. The molecule has 3 aromatic rings. The van der Waals surface area contributed by atoms with Crippen LogP contribution in [0.1, 0.15) is 11.1 Å². The van der Waals surface area contributed by atoms with Crippen LogP contribution in [0.15, 0.2) is 66.0 Å². The van der Waals surface area contributed by atoms with E-state index in [1.807, 2.05) is 0 Å². The van der Waals surface area contributed by atoms with E-state index in [0.717, 1.165) is 6.42 Å². The summed E-state index contributed by atoms with van der Waals surface area (Å²) in [6, 6.07) is 21.5. The van der Waals surface area contributed by atoms with Crippen molar-refractivity contribution in [3.63, 3.8) is 0 Å². The Morgan fingerprint density at radius 1 is 0.842 bits per heavy atom. The minimum atomic E-state index is 0.998. The van der Waals surface area contributed by atoms with Gasteiger partial charge < -0.3 is 0 Å². The first kappa shape index (κ1) is 12.9. The van der Waals surface area contributed by atoms with Crippen LogP contribution in [0.25, 0.3) is 10.4 Å². The van der Waals surface area contributed by atoms with Crippen LogP contribution >= 0.6 is 33.9 Å². The van der Waals surface area contributed by atoms with Crippen LogP contribution in [0.3, 0.4) is 0 Å². The average Bonchev–Trinajstić information content (AvgIpc) is 2.96. The van der Waals surface area contributed by atoms with E-state index < -0.39 is 0 Å². The van der Waals surface area contributed by atoms with Crippen LogP contribution in [-0.4, -0.2) is 0 Å². The summed E-state index contributed by atoms with van der Waals surface area (Å²) in [6.07, 6.45) is 0.998. The molecule has 19 heavy (non-hydrogen) atoms. The fourth-order valence-corrected chi connectivity index (χ4v) is 3.94. The summed E-state index contributed by atoms with van der Waals surface area (Å²) in [7, 11) is 0. The Morgan fingerprint density at radius 2 is 1.68 bits per heavy atom. The van der Waals surface area contributed by atoms with Gasteiger partial charge in [0.1, 0.15) is 0 Å². The third-order valence-corrected chi connectivity index (χ3v) is 5.28. The molecule has 0 saturated carbocycles. The van der Waals surface area contributed by atoms with Gasteiger partial charge in [-0.1, -0.05) is 54.6 Å². The van der Waals surface area contributed by atoms with E-state index in [1.165, 1.54) is 25.1 Å². The maximum absolute atomic E-state index is 2.48. The van der Waals surface area contributed by atoms with Crippen molar-refractivity contribution in [3.8, 4) is 10.4 Å². The summed E-state index contributed by atoms with van der Waals surface area (Å²) in [5.41, 5.74) is 4.12. The summed E-state index contributed by atoms with van der Waals surface area (Å²) >= 11 is 4.28. The molecule has 0 N–H and O–H groups in total. The molecule has 94 valence electrons. The van der Waals surface area contributed by atoms with Gasteiger partial charge in [-0.05, 0) is 51.6 Å². The molecule has 0 nitrogen and oxygen atoms in total. The van der Waals surface area contributed by atoms with E-state index in [2.05, 4.69) is 88.6 Å². The van der Waals surface area contributed by atoms with Gasteiger partial charge in [-0.3, -0.25) is 0 Å². The van der Waals surface area contributed by atoms with E-state index in [4.69, 9.17) is 0 Å². The smallest absolute Gasteiger partial charge is 0.0353 e. The van der Waals surface area contributed by atoms with E-state index in [9.17, 15) is 0 Å². The summed E-state index contributed by atoms with van der Waals surface area (Å²) in [5.74, 6) is 0. The second-order valence-corrected chi connectivity index (χ2v) is 6.44. The molecule has 0 radical (unpaired) electrons. The van der Waals surface area contributed by atoms with Crippen molar-refractivity contribution in [2.45, 2.75) is 6.42 Å². The molecule has 0 bridgehead atoms. The molecule has 0 unspecified atom stereocenters. The Kier molecular flexibility index (Phi) is 3.99. The number of benzene rings is 2. The fraction of sp³-hybridized carbons (Fsp3) is 0.0588. The number of thiophene rings is 1. The van der Waals surface area contributed by atoms with Gasteiger partial charge >= 0.3 is 0 Å². The quantitative estimate of drug-likeness (QED) is 0.521. The highest BCUT2D eigenvalue weighted by atomic mass is 127. The lowest BCUT2D eigenvalue weighted by atomic mass is 10.0. The molecule has 2 heteroatoms. The highest BCUT2D eigenvalue weighted by molar-refractivity contribution is 14.1. The van der Waals surface area contributed by atoms with Crippen LogP contribution in [-0.2, 0) is 6.42 Å². The minimum absolute atomic E-state index is 0.998. The van der Waals surface area contributed by atoms with Gasteiger partial charge in [0, 0.05) is 14.0 Å². The van der Waals surface area contributed by atoms with Crippen molar-refractivity contribution in [2.75, 3.05) is 0 Å². The Labute approximate surface area is 131 Å². The molecular weight excluding hydrogens is 363 g/mol. The van der Waals surface area contributed by atoms with Crippen molar-refractivity contribution >= 4 is 33.9 Å². The zero-order chi connectivity index (χ0) is 13.1. The largest absolute Gasteiger partial charge is 0.144 e. The van der Waals surface area contributed by atoms with E-state index in [1.54, 1.807) is 11.3 Å². The molecule has 0 aliphatic rings. The topological polar surface area (TPSA) is 0 Å². The van der Waals surface area contributed by atoms with Gasteiger partial charge in [0.15, 0.2) is 0 Å². The van der Waals surface area contributed by atoms with Crippen molar-refractivity contribution in [1.29, 1.82) is 0 Å². The van der Waals surface area contributed by atoms with Crippen LogP contribution in [0, 0.1) is 3.57 Å². The lowest BCUT2D eigenvalue weighted by molar-refractivity contribution is 1.18. The van der Waals surface area contributed by atoms with Gasteiger partial charge in [-0.2, -0.15) is 0 Å². The molecule has 0 fully saturated rings. The van der Waals surface area contributed by atoms with Gasteiger partial charge in [0.05, 0.1) is 0 Å². The van der Waals surface area contributed by atoms with Crippen LogP contribution < -0.4 is 0 Å². The number of hydrogen-bond donors (Lipinski definition) is 0. The lowest BCUT2D eigenvalue weighted by Gasteiger charge is -2.09. The van der Waals surface area contributed by atoms with Gasteiger partial charge in [0.25, 0.3) is 0 Å². The van der Waals surface area contributed by atoms with Crippen molar-refractivity contribution < 1.29 is 0 Å². The molecule has 0 amide bonds. The molecule has 0 saturated heterocycles. The van der Waals surface area contributed by atoms with Crippen molar-refractivity contribution in [3.05, 3.63) is 80.7 Å². The van der Waals surface area contributed by atoms with Gasteiger partial charge in [-0.15, -0.1) is 11.3 Å². The number of halogens is 1. The third-order valence-electron chi connectivity index (χ3n) is 3.10. The Bertz CT molecular complexity index is 657. The maximum Gasteiger partial charge on any atom is 0.0353 e. The molecule has 1 aromatic heterocycles. The highest BCUT2D eigenvalue weighted by Crippen LogP contribution is 2.31. The second-order valence-electron chi connectivity index (χ2n) is 4.42. The van der Waals surface area contributed by atoms with Crippen molar-refractivity contribution in [1.82, 2.24) is 0 Å². The lowest BCUT2D eigenvalue weighted by Crippen LogP contribution is -1.93. The first-order valence-electron chi connectivity index (χ1n) is 6.20.